The van der Waals surface area contributed by atoms with Crippen molar-refractivity contribution in [3.8, 4) is 0 Å². The second-order valence-corrected chi connectivity index (χ2v) is 5.10. The number of halogens is 1. The Labute approximate surface area is 102 Å². The highest BCUT2D eigenvalue weighted by atomic mass is 35.5. The van der Waals surface area contributed by atoms with Gasteiger partial charge in [0.05, 0.1) is 11.4 Å². The topological polar surface area (TPSA) is 38.4 Å². The molecule has 1 heterocycles. The molecule has 0 radical (unpaired) electrons. The highest BCUT2D eigenvalue weighted by Gasteiger charge is 2.28. The van der Waals surface area contributed by atoms with Gasteiger partial charge in [-0.3, -0.25) is 4.99 Å². The summed E-state index contributed by atoms with van der Waals surface area (Å²) in [5.74, 6) is 0.765. The molecule has 86 valence electrons. The van der Waals surface area contributed by atoms with Crippen molar-refractivity contribution in [1.82, 2.24) is 0 Å². The smallest absolute Gasteiger partial charge is 0.0948 e. The quantitative estimate of drug-likeness (QED) is 0.798. The fourth-order valence-corrected chi connectivity index (χ4v) is 2.35. The number of aliphatic imine (C=N–C) groups is 1. The summed E-state index contributed by atoms with van der Waals surface area (Å²) in [6.45, 7) is 4.16. The number of amidine groups is 1. The predicted octanol–water partition coefficient (Wildman–Crippen LogP) is 3.40. The third kappa shape index (κ3) is 2.07. The maximum absolute atomic E-state index is 6.03. The Balaban J connectivity index is 2.43. The summed E-state index contributed by atoms with van der Waals surface area (Å²) in [6, 6.07) is 6.11. The molecule has 2 rings (SSSR count). The van der Waals surface area contributed by atoms with Crippen LogP contribution in [-0.2, 0) is 5.54 Å². The fraction of sp³-hybridized carbons (Fsp3) is 0.462. The van der Waals surface area contributed by atoms with Crippen LogP contribution in [0.15, 0.2) is 23.2 Å². The van der Waals surface area contributed by atoms with Gasteiger partial charge >= 0.3 is 0 Å². The zero-order valence-electron chi connectivity index (χ0n) is 9.76. The monoisotopic (exact) mass is 236 g/mol. The Morgan fingerprint density at radius 1 is 1.44 bits per heavy atom. The minimum absolute atomic E-state index is 0.169. The Morgan fingerprint density at radius 2 is 2.19 bits per heavy atom. The molecular formula is C13H17ClN2. The maximum atomic E-state index is 6.03. The zero-order chi connectivity index (χ0) is 11.8. The molecule has 0 unspecified atom stereocenters. The van der Waals surface area contributed by atoms with Gasteiger partial charge in [-0.15, -0.1) is 0 Å². The number of nitrogens with zero attached hydrogens (tertiary/aromatic N) is 1. The van der Waals surface area contributed by atoms with Crippen molar-refractivity contribution in [3.05, 3.63) is 34.3 Å². The zero-order valence-corrected chi connectivity index (χ0v) is 10.5. The fourth-order valence-electron chi connectivity index (χ4n) is 2.23. The van der Waals surface area contributed by atoms with E-state index in [1.807, 2.05) is 13.0 Å². The molecular weight excluding hydrogens is 220 g/mol. The van der Waals surface area contributed by atoms with E-state index in [4.69, 9.17) is 17.3 Å². The van der Waals surface area contributed by atoms with Crippen molar-refractivity contribution in [2.24, 2.45) is 10.7 Å². The minimum atomic E-state index is -0.169. The standard InChI is InChI=1S/C13H17ClN2/c1-9-8-10(5-6-11(9)14)13(2)7-3-4-12(15)16-13/h5-6,8H,3-4,7H2,1-2H3,(H2,15,16)/t13-/m1/s1. The van der Waals surface area contributed by atoms with Gasteiger partial charge in [-0.1, -0.05) is 23.7 Å². The highest BCUT2D eigenvalue weighted by molar-refractivity contribution is 6.31. The molecule has 2 N–H and O–H groups in total. The second-order valence-electron chi connectivity index (χ2n) is 4.69. The molecule has 0 aliphatic carbocycles. The second kappa shape index (κ2) is 4.10. The first-order valence-electron chi connectivity index (χ1n) is 5.62. The van der Waals surface area contributed by atoms with Crippen LogP contribution in [0.2, 0.25) is 5.02 Å². The molecule has 1 aliphatic rings. The molecule has 1 atom stereocenters. The van der Waals surface area contributed by atoms with Gasteiger partial charge in [-0.2, -0.15) is 0 Å². The maximum Gasteiger partial charge on any atom is 0.0948 e. The van der Waals surface area contributed by atoms with E-state index >= 15 is 0 Å². The third-order valence-corrected chi connectivity index (χ3v) is 3.69. The summed E-state index contributed by atoms with van der Waals surface area (Å²) in [5, 5.41) is 0.806. The van der Waals surface area contributed by atoms with Crippen LogP contribution in [0.1, 0.15) is 37.3 Å². The lowest BCUT2D eigenvalue weighted by Gasteiger charge is -2.30. The molecule has 0 saturated heterocycles. The third-order valence-electron chi connectivity index (χ3n) is 3.27. The number of benzene rings is 1. The Kier molecular flexibility index (Phi) is 2.94. The molecule has 3 heteroatoms. The number of rotatable bonds is 1. The van der Waals surface area contributed by atoms with Crippen molar-refractivity contribution in [2.45, 2.75) is 38.6 Å². The van der Waals surface area contributed by atoms with Crippen LogP contribution < -0.4 is 5.73 Å². The van der Waals surface area contributed by atoms with Gasteiger partial charge in [0, 0.05) is 11.4 Å². The van der Waals surface area contributed by atoms with Crippen LogP contribution in [0, 0.1) is 6.92 Å². The van der Waals surface area contributed by atoms with Gasteiger partial charge < -0.3 is 5.73 Å². The lowest BCUT2D eigenvalue weighted by molar-refractivity contribution is 0.424. The first kappa shape index (κ1) is 11.5. The van der Waals surface area contributed by atoms with Gasteiger partial charge in [0.15, 0.2) is 0 Å². The van der Waals surface area contributed by atoms with E-state index in [0.717, 1.165) is 35.7 Å². The average molecular weight is 237 g/mol. The van der Waals surface area contributed by atoms with Gasteiger partial charge in [0.1, 0.15) is 0 Å². The van der Waals surface area contributed by atoms with Crippen LogP contribution >= 0.6 is 11.6 Å². The first-order chi connectivity index (χ1) is 7.51. The predicted molar refractivity (Wildman–Crippen MR) is 69.0 cm³/mol. The van der Waals surface area contributed by atoms with Gasteiger partial charge in [0.25, 0.3) is 0 Å². The molecule has 0 fully saturated rings. The summed E-state index contributed by atoms with van der Waals surface area (Å²) >= 11 is 6.03. The van der Waals surface area contributed by atoms with Crippen molar-refractivity contribution in [3.63, 3.8) is 0 Å². The molecule has 2 nitrogen and oxygen atoms in total. The Bertz CT molecular complexity index is 440. The summed E-state index contributed by atoms with van der Waals surface area (Å²) in [7, 11) is 0. The van der Waals surface area contributed by atoms with Crippen LogP contribution in [-0.4, -0.2) is 5.84 Å². The number of hydrogen-bond donors (Lipinski definition) is 1. The van der Waals surface area contributed by atoms with Gasteiger partial charge in [-0.25, -0.2) is 0 Å². The van der Waals surface area contributed by atoms with Crippen molar-refractivity contribution >= 4 is 17.4 Å². The van der Waals surface area contributed by atoms with E-state index in [-0.39, 0.29) is 5.54 Å². The SMILES string of the molecule is Cc1cc([C@@]2(C)CCCC(N)=N2)ccc1Cl. The first-order valence-corrected chi connectivity index (χ1v) is 6.00. The molecule has 1 aliphatic heterocycles. The van der Waals surface area contributed by atoms with E-state index in [0.29, 0.717) is 0 Å². The molecule has 0 bridgehead atoms. The summed E-state index contributed by atoms with van der Waals surface area (Å²) in [4.78, 5) is 4.61. The van der Waals surface area contributed by atoms with E-state index in [1.165, 1.54) is 5.56 Å². The Hall–Kier alpha value is -1.02. The van der Waals surface area contributed by atoms with E-state index < -0.39 is 0 Å². The van der Waals surface area contributed by atoms with E-state index in [1.54, 1.807) is 0 Å². The van der Waals surface area contributed by atoms with Crippen LogP contribution in [0.3, 0.4) is 0 Å². The van der Waals surface area contributed by atoms with Crippen molar-refractivity contribution in [2.75, 3.05) is 0 Å². The Morgan fingerprint density at radius 3 is 2.81 bits per heavy atom. The molecule has 1 aromatic carbocycles. The molecule has 0 saturated carbocycles. The average Bonchev–Trinajstić information content (AvgIpc) is 2.21. The lowest BCUT2D eigenvalue weighted by Crippen LogP contribution is -2.29. The minimum Gasteiger partial charge on any atom is -0.387 e. The largest absolute Gasteiger partial charge is 0.387 e. The van der Waals surface area contributed by atoms with E-state index in [2.05, 4.69) is 24.0 Å². The van der Waals surface area contributed by atoms with Crippen LogP contribution in [0.4, 0.5) is 0 Å². The molecule has 1 aromatic rings. The van der Waals surface area contributed by atoms with Gasteiger partial charge in [-0.05, 0) is 43.9 Å². The number of aryl methyl sites for hydroxylation is 1. The van der Waals surface area contributed by atoms with Gasteiger partial charge in [0.2, 0.25) is 0 Å². The van der Waals surface area contributed by atoms with Crippen molar-refractivity contribution in [1.29, 1.82) is 0 Å². The number of nitrogens with two attached hydrogens (primary N) is 1. The normalized spacial score (nSPS) is 25.3. The van der Waals surface area contributed by atoms with Crippen LogP contribution in [0.5, 0.6) is 0 Å². The molecule has 16 heavy (non-hydrogen) atoms. The van der Waals surface area contributed by atoms with Crippen LogP contribution in [0.25, 0.3) is 0 Å². The van der Waals surface area contributed by atoms with Crippen molar-refractivity contribution < 1.29 is 0 Å². The highest BCUT2D eigenvalue weighted by Crippen LogP contribution is 2.35. The summed E-state index contributed by atoms with van der Waals surface area (Å²) in [5.41, 5.74) is 7.97. The summed E-state index contributed by atoms with van der Waals surface area (Å²) < 4.78 is 0. The molecule has 0 amide bonds. The molecule has 0 aromatic heterocycles. The number of hydrogen-bond acceptors (Lipinski definition) is 2. The van der Waals surface area contributed by atoms with E-state index in [9.17, 15) is 0 Å². The summed E-state index contributed by atoms with van der Waals surface area (Å²) in [6.07, 6.45) is 3.07. The lowest BCUT2D eigenvalue weighted by atomic mass is 9.84. The molecule has 0 spiro atoms.